The number of halogens is 3. The van der Waals surface area contributed by atoms with Crippen molar-refractivity contribution in [3.8, 4) is 5.88 Å². The molecule has 0 bridgehead atoms. The van der Waals surface area contributed by atoms with E-state index in [-0.39, 0.29) is 18.0 Å². The van der Waals surface area contributed by atoms with Crippen molar-refractivity contribution in [3.05, 3.63) is 23.9 Å². The molecule has 1 amide bonds. The predicted molar refractivity (Wildman–Crippen MR) is 76.0 cm³/mol. The highest BCUT2D eigenvalue weighted by molar-refractivity contribution is 5.91. The summed E-state index contributed by atoms with van der Waals surface area (Å²) in [7, 11) is 0. The van der Waals surface area contributed by atoms with Gasteiger partial charge in [-0.1, -0.05) is 19.9 Å². The van der Waals surface area contributed by atoms with Gasteiger partial charge in [0.15, 0.2) is 6.61 Å². The Labute approximate surface area is 136 Å². The first kappa shape index (κ1) is 18.0. The Kier molecular flexibility index (Phi) is 4.73. The van der Waals surface area contributed by atoms with Crippen molar-refractivity contribution in [2.45, 2.75) is 26.6 Å². The average molecular weight is 346 g/mol. The molecule has 0 radical (unpaired) electrons. The van der Waals surface area contributed by atoms with E-state index in [1.54, 1.807) is 13.8 Å². The van der Waals surface area contributed by atoms with E-state index in [1.807, 2.05) is 0 Å². The second kappa shape index (κ2) is 6.29. The third-order valence-electron chi connectivity index (χ3n) is 4.05. The van der Waals surface area contributed by atoms with Crippen molar-refractivity contribution in [1.29, 1.82) is 0 Å². The Balaban J connectivity index is 1.98. The summed E-state index contributed by atoms with van der Waals surface area (Å²) in [5.74, 6) is -3.17. The molecule has 1 aliphatic rings. The molecule has 1 heterocycles. The molecule has 1 saturated carbocycles. The highest BCUT2D eigenvalue weighted by atomic mass is 19.4. The molecule has 0 aromatic carbocycles. The van der Waals surface area contributed by atoms with Gasteiger partial charge in [-0.05, 0) is 11.5 Å². The molecule has 0 spiro atoms. The van der Waals surface area contributed by atoms with E-state index in [9.17, 15) is 22.8 Å². The number of amides is 1. The van der Waals surface area contributed by atoms with Gasteiger partial charge in [-0.3, -0.25) is 9.59 Å². The number of aromatic nitrogens is 1. The van der Waals surface area contributed by atoms with Gasteiger partial charge >= 0.3 is 12.1 Å². The van der Waals surface area contributed by atoms with Gasteiger partial charge in [0, 0.05) is 18.3 Å². The van der Waals surface area contributed by atoms with E-state index in [0.29, 0.717) is 0 Å². The average Bonchev–Trinajstić information content (AvgIpc) is 3.05. The summed E-state index contributed by atoms with van der Waals surface area (Å²) in [5, 5.41) is 11.6. The molecule has 9 heteroatoms. The number of carbonyl (C=O) groups excluding carboxylic acids is 1. The Morgan fingerprint density at radius 2 is 2.04 bits per heavy atom. The van der Waals surface area contributed by atoms with E-state index in [1.165, 1.54) is 18.3 Å². The minimum Gasteiger partial charge on any atom is -0.481 e. The lowest BCUT2D eigenvalue weighted by Gasteiger charge is -2.12. The summed E-state index contributed by atoms with van der Waals surface area (Å²) in [6, 6.07) is 2.98. The minimum atomic E-state index is -4.50. The largest absolute Gasteiger partial charge is 0.481 e. The molecule has 24 heavy (non-hydrogen) atoms. The molecule has 1 aromatic heterocycles. The topological polar surface area (TPSA) is 88.5 Å². The van der Waals surface area contributed by atoms with Gasteiger partial charge in [0.25, 0.3) is 0 Å². The van der Waals surface area contributed by atoms with E-state index < -0.39 is 41.9 Å². The highest BCUT2D eigenvalue weighted by Crippen LogP contribution is 2.58. The van der Waals surface area contributed by atoms with E-state index in [0.717, 1.165) is 0 Å². The van der Waals surface area contributed by atoms with Crippen molar-refractivity contribution in [3.63, 3.8) is 0 Å². The minimum absolute atomic E-state index is 0.0984. The zero-order valence-corrected chi connectivity index (χ0v) is 13.1. The number of hydrogen-bond donors (Lipinski definition) is 2. The highest BCUT2D eigenvalue weighted by Gasteiger charge is 2.65. The van der Waals surface area contributed by atoms with Crippen molar-refractivity contribution in [2.24, 2.45) is 17.3 Å². The summed E-state index contributed by atoms with van der Waals surface area (Å²) in [4.78, 5) is 26.9. The number of pyridine rings is 1. The van der Waals surface area contributed by atoms with Crippen molar-refractivity contribution in [1.82, 2.24) is 10.3 Å². The van der Waals surface area contributed by atoms with Gasteiger partial charge < -0.3 is 15.2 Å². The third-order valence-corrected chi connectivity index (χ3v) is 4.05. The van der Waals surface area contributed by atoms with Gasteiger partial charge in [-0.15, -0.1) is 0 Å². The Morgan fingerprint density at radius 1 is 1.38 bits per heavy atom. The van der Waals surface area contributed by atoms with Crippen LogP contribution in [0.2, 0.25) is 0 Å². The maximum absolute atomic E-state index is 12.2. The number of alkyl halides is 3. The predicted octanol–water partition coefficient (Wildman–Crippen LogP) is 2.00. The maximum atomic E-state index is 12.2. The molecule has 1 aromatic rings. The molecule has 6 nitrogen and oxygen atoms in total. The molecule has 2 rings (SSSR count). The molecular formula is C15H17F3N2O4. The first-order valence-corrected chi connectivity index (χ1v) is 7.18. The SMILES string of the molecule is CC1(C)[C@H](C(=O)O)[C@@H]1C(=O)NCc1cccnc1OCC(F)(F)F. The first-order chi connectivity index (χ1) is 11.0. The fourth-order valence-electron chi connectivity index (χ4n) is 2.72. The van der Waals surface area contributed by atoms with Crippen LogP contribution in [0.25, 0.3) is 0 Å². The number of carbonyl (C=O) groups is 2. The van der Waals surface area contributed by atoms with E-state index in [2.05, 4.69) is 15.0 Å². The fraction of sp³-hybridized carbons (Fsp3) is 0.533. The first-order valence-electron chi connectivity index (χ1n) is 7.18. The summed E-state index contributed by atoms with van der Waals surface area (Å²) in [6.07, 6.45) is -3.22. The van der Waals surface area contributed by atoms with E-state index >= 15 is 0 Å². The number of hydrogen-bond acceptors (Lipinski definition) is 4. The normalized spacial score (nSPS) is 21.9. The number of rotatable bonds is 6. The Morgan fingerprint density at radius 3 is 2.58 bits per heavy atom. The molecule has 2 N–H and O–H groups in total. The molecule has 132 valence electrons. The van der Waals surface area contributed by atoms with Crippen LogP contribution in [0.15, 0.2) is 18.3 Å². The Hall–Kier alpha value is -2.32. The zero-order chi connectivity index (χ0) is 18.1. The molecule has 0 saturated heterocycles. The number of carboxylic acid groups (broad SMARTS) is 1. The molecular weight excluding hydrogens is 329 g/mol. The van der Waals surface area contributed by atoms with Gasteiger partial charge in [0.2, 0.25) is 11.8 Å². The lowest BCUT2D eigenvalue weighted by Crippen LogP contribution is -2.27. The van der Waals surface area contributed by atoms with Crippen LogP contribution in [-0.4, -0.2) is 34.8 Å². The Bertz CT molecular complexity index is 646. The van der Waals surface area contributed by atoms with Crippen molar-refractivity contribution < 1.29 is 32.6 Å². The lowest BCUT2D eigenvalue weighted by atomic mass is 10.1. The second-order valence-electron chi connectivity index (χ2n) is 6.20. The smallest absolute Gasteiger partial charge is 0.422 e. The quantitative estimate of drug-likeness (QED) is 0.822. The van der Waals surface area contributed by atoms with Crippen molar-refractivity contribution >= 4 is 11.9 Å². The third kappa shape index (κ3) is 3.95. The number of carboxylic acids is 1. The molecule has 1 aliphatic carbocycles. The van der Waals surface area contributed by atoms with Crippen LogP contribution in [0.3, 0.4) is 0 Å². The molecule has 1 fully saturated rings. The van der Waals surface area contributed by atoms with Crippen LogP contribution in [0.5, 0.6) is 5.88 Å². The number of nitrogens with one attached hydrogen (secondary N) is 1. The fourth-order valence-corrected chi connectivity index (χ4v) is 2.72. The molecule has 0 aliphatic heterocycles. The van der Waals surface area contributed by atoms with Gasteiger partial charge in [0.05, 0.1) is 11.8 Å². The van der Waals surface area contributed by atoms with Gasteiger partial charge in [-0.25, -0.2) is 4.98 Å². The summed E-state index contributed by atoms with van der Waals surface area (Å²) < 4.78 is 41.3. The summed E-state index contributed by atoms with van der Waals surface area (Å²) >= 11 is 0. The standard InChI is InChI=1S/C15H17F3N2O4/c1-14(2)9(10(14)13(22)23)11(21)20-6-8-4-3-5-19-12(8)24-7-15(16,17)18/h3-5,9-10H,6-7H2,1-2H3,(H,20,21)(H,22,23)/t9-,10+/m1/s1. The van der Waals surface area contributed by atoms with Crippen molar-refractivity contribution in [2.75, 3.05) is 6.61 Å². The summed E-state index contributed by atoms with van der Waals surface area (Å²) in [6.45, 7) is 1.77. The van der Waals surface area contributed by atoms with Crippen LogP contribution in [0.4, 0.5) is 13.2 Å². The van der Waals surface area contributed by atoms with Crippen LogP contribution in [-0.2, 0) is 16.1 Å². The molecule has 2 atom stereocenters. The lowest BCUT2D eigenvalue weighted by molar-refractivity contribution is -0.154. The maximum Gasteiger partial charge on any atom is 0.422 e. The van der Waals surface area contributed by atoms with Gasteiger partial charge in [0.1, 0.15) is 0 Å². The van der Waals surface area contributed by atoms with Crippen LogP contribution >= 0.6 is 0 Å². The van der Waals surface area contributed by atoms with Crippen LogP contribution in [0.1, 0.15) is 19.4 Å². The monoisotopic (exact) mass is 346 g/mol. The van der Waals surface area contributed by atoms with Gasteiger partial charge in [-0.2, -0.15) is 13.2 Å². The second-order valence-corrected chi connectivity index (χ2v) is 6.20. The van der Waals surface area contributed by atoms with E-state index in [4.69, 9.17) is 5.11 Å². The zero-order valence-electron chi connectivity index (χ0n) is 13.1. The van der Waals surface area contributed by atoms with Crippen LogP contribution < -0.4 is 10.1 Å². The summed E-state index contributed by atoms with van der Waals surface area (Å²) in [5.41, 5.74) is -0.374. The number of aliphatic carboxylic acids is 1. The number of ether oxygens (including phenoxy) is 1. The van der Waals surface area contributed by atoms with Crippen LogP contribution in [0, 0.1) is 17.3 Å². The number of nitrogens with zero attached hydrogens (tertiary/aromatic N) is 1. The molecule has 0 unspecified atom stereocenters.